The van der Waals surface area contributed by atoms with Crippen molar-refractivity contribution < 1.29 is 22.4 Å². The van der Waals surface area contributed by atoms with Crippen molar-refractivity contribution in [2.24, 2.45) is 0 Å². The maximum Gasteiger partial charge on any atom is 0.425 e. The first-order valence-corrected chi connectivity index (χ1v) is 9.71. The van der Waals surface area contributed by atoms with E-state index in [9.17, 15) is 27.2 Å². The van der Waals surface area contributed by atoms with Crippen molar-refractivity contribution in [1.82, 2.24) is 19.0 Å². The first kappa shape index (κ1) is 19.6. The summed E-state index contributed by atoms with van der Waals surface area (Å²) in [6.07, 6.45) is -2.20. The van der Waals surface area contributed by atoms with Crippen LogP contribution in [0.2, 0.25) is 0 Å². The van der Waals surface area contributed by atoms with Gasteiger partial charge >= 0.3 is 11.9 Å². The summed E-state index contributed by atoms with van der Waals surface area (Å²) in [5.74, 6) is -0.237. The predicted molar refractivity (Wildman–Crippen MR) is 99.5 cm³/mol. The molecule has 4 rings (SSSR count). The summed E-state index contributed by atoms with van der Waals surface area (Å²) in [5.41, 5.74) is 0.302. The number of thiophene rings is 1. The summed E-state index contributed by atoms with van der Waals surface area (Å²) in [6.45, 7) is 0.00936. The molecule has 11 heteroatoms. The van der Waals surface area contributed by atoms with Crippen molar-refractivity contribution >= 4 is 28.4 Å². The Morgan fingerprint density at radius 1 is 1.21 bits per heavy atom. The summed E-state index contributed by atoms with van der Waals surface area (Å²) in [7, 11) is 0. The molecule has 0 aliphatic carbocycles. The van der Waals surface area contributed by atoms with E-state index in [0.29, 0.717) is 34.9 Å². The Bertz CT molecular complexity index is 1130. The normalized spacial score (nSPS) is 14.4. The average Bonchev–Trinajstić information content (AvgIpc) is 3.20. The number of alkyl halides is 4. The van der Waals surface area contributed by atoms with E-state index in [-0.39, 0.29) is 30.2 Å². The van der Waals surface area contributed by atoms with Gasteiger partial charge in [0.1, 0.15) is 18.1 Å². The zero-order valence-corrected chi connectivity index (χ0v) is 15.9. The van der Waals surface area contributed by atoms with Gasteiger partial charge in [-0.25, -0.2) is 14.2 Å². The quantitative estimate of drug-likeness (QED) is 0.587. The van der Waals surface area contributed by atoms with Gasteiger partial charge in [-0.05, 0) is 24.6 Å². The molecule has 1 amide bonds. The van der Waals surface area contributed by atoms with Gasteiger partial charge in [0.15, 0.2) is 5.65 Å². The second kappa shape index (κ2) is 7.29. The Hall–Kier alpha value is -2.69. The highest BCUT2D eigenvalue weighted by Gasteiger charge is 2.32. The summed E-state index contributed by atoms with van der Waals surface area (Å²) in [4.78, 5) is 30.5. The molecule has 4 heterocycles. The second-order valence-corrected chi connectivity index (χ2v) is 7.76. The maximum absolute atomic E-state index is 12.9. The third-order valence-corrected chi connectivity index (χ3v) is 6.01. The first-order chi connectivity index (χ1) is 13.8. The molecule has 1 fully saturated rings. The third-order valence-electron chi connectivity index (χ3n) is 4.84. The Morgan fingerprint density at radius 3 is 2.55 bits per heavy atom. The van der Waals surface area contributed by atoms with Crippen molar-refractivity contribution in [1.29, 1.82) is 0 Å². The lowest BCUT2D eigenvalue weighted by Crippen LogP contribution is -2.44. The molecule has 0 spiro atoms. The number of halogens is 4. The van der Waals surface area contributed by atoms with Crippen molar-refractivity contribution in [2.45, 2.75) is 25.7 Å². The molecule has 0 N–H and O–H groups in total. The predicted octanol–water partition coefficient (Wildman–Crippen LogP) is 3.15. The van der Waals surface area contributed by atoms with Crippen LogP contribution in [-0.2, 0) is 24.1 Å². The van der Waals surface area contributed by atoms with Crippen LogP contribution in [0.5, 0.6) is 0 Å². The molecule has 0 bridgehead atoms. The van der Waals surface area contributed by atoms with Crippen LogP contribution in [0.4, 0.5) is 17.6 Å². The second-order valence-electron chi connectivity index (χ2n) is 6.67. The number of aryl methyl sites for hydroxylation is 1. The molecular weight excluding hydrogens is 412 g/mol. The van der Waals surface area contributed by atoms with Crippen LogP contribution in [-0.4, -0.2) is 44.7 Å². The Kier molecular flexibility index (Phi) is 4.93. The molecule has 6 nitrogen and oxygen atoms in total. The van der Waals surface area contributed by atoms with Crippen LogP contribution in [0.25, 0.3) is 21.6 Å². The smallest absolute Gasteiger partial charge is 0.341 e. The largest absolute Gasteiger partial charge is 0.425 e. The third kappa shape index (κ3) is 3.54. The van der Waals surface area contributed by atoms with Gasteiger partial charge in [0, 0.05) is 29.7 Å². The van der Waals surface area contributed by atoms with Gasteiger partial charge in [0.25, 0.3) is 0 Å². The van der Waals surface area contributed by atoms with Gasteiger partial charge in [-0.3, -0.25) is 13.9 Å². The molecule has 3 aromatic heterocycles. The molecular formula is C18H16F4N4O2S. The van der Waals surface area contributed by atoms with Gasteiger partial charge in [-0.15, -0.1) is 11.3 Å². The van der Waals surface area contributed by atoms with E-state index in [1.54, 1.807) is 4.90 Å². The van der Waals surface area contributed by atoms with Gasteiger partial charge in [0.05, 0.1) is 12.1 Å². The molecule has 0 saturated carbocycles. The highest BCUT2D eigenvalue weighted by atomic mass is 32.1. The number of imidazole rings is 1. The molecule has 1 aliphatic heterocycles. The fourth-order valence-corrected chi connectivity index (χ4v) is 4.07. The van der Waals surface area contributed by atoms with Crippen LogP contribution < -0.4 is 5.69 Å². The Morgan fingerprint density at radius 2 is 1.97 bits per heavy atom. The zero-order valence-electron chi connectivity index (χ0n) is 15.1. The molecule has 29 heavy (non-hydrogen) atoms. The van der Waals surface area contributed by atoms with E-state index in [1.807, 2.05) is 0 Å². The zero-order chi connectivity index (χ0) is 20.8. The molecule has 0 radical (unpaired) electrons. The number of hydrogen-bond acceptors (Lipinski definition) is 4. The molecule has 0 unspecified atom stereocenters. The highest BCUT2D eigenvalue weighted by Crippen LogP contribution is 2.38. The molecule has 0 atom stereocenters. The van der Waals surface area contributed by atoms with E-state index < -0.39 is 23.4 Å². The van der Waals surface area contributed by atoms with E-state index in [4.69, 9.17) is 0 Å². The van der Waals surface area contributed by atoms with Crippen LogP contribution >= 0.6 is 11.3 Å². The number of aromatic nitrogens is 3. The summed E-state index contributed by atoms with van der Waals surface area (Å²) in [6, 6.07) is 3.84. The van der Waals surface area contributed by atoms with Crippen LogP contribution in [0.15, 0.2) is 29.2 Å². The molecule has 154 valence electrons. The van der Waals surface area contributed by atoms with Crippen LogP contribution in [0.1, 0.15) is 11.3 Å². The average molecular weight is 428 g/mol. The van der Waals surface area contributed by atoms with E-state index in [0.717, 1.165) is 17.1 Å². The van der Waals surface area contributed by atoms with Crippen molar-refractivity contribution in [3.05, 3.63) is 39.8 Å². The number of rotatable bonds is 5. The minimum absolute atomic E-state index is 0.195. The van der Waals surface area contributed by atoms with E-state index in [1.165, 1.54) is 22.9 Å². The number of hydrogen-bond donors (Lipinski definition) is 0. The van der Waals surface area contributed by atoms with Crippen molar-refractivity contribution in [3.8, 4) is 10.4 Å². The Balaban J connectivity index is 1.79. The fourth-order valence-electron chi connectivity index (χ4n) is 3.21. The number of likely N-dealkylation sites (tertiary alicyclic amines) is 1. The topological polar surface area (TPSA) is 60.1 Å². The van der Waals surface area contributed by atoms with Gasteiger partial charge in [0.2, 0.25) is 5.91 Å². The van der Waals surface area contributed by atoms with Gasteiger partial charge in [-0.1, -0.05) is 0 Å². The van der Waals surface area contributed by atoms with Crippen LogP contribution in [0, 0.1) is 0 Å². The molecule has 1 aliphatic rings. The lowest BCUT2D eigenvalue weighted by atomic mass is 10.2. The lowest BCUT2D eigenvalue weighted by Gasteiger charge is -2.30. The van der Waals surface area contributed by atoms with Gasteiger partial charge < -0.3 is 4.90 Å². The van der Waals surface area contributed by atoms with Crippen LogP contribution in [0.3, 0.4) is 0 Å². The maximum atomic E-state index is 12.9. The number of carbonyl (C=O) groups excluding carboxylic acids is 1. The number of nitrogens with zero attached hydrogens (tertiary/aromatic N) is 4. The minimum Gasteiger partial charge on any atom is -0.341 e. The minimum atomic E-state index is -4.45. The first-order valence-electron chi connectivity index (χ1n) is 8.90. The fraction of sp³-hybridized carbons (Fsp3) is 0.389. The summed E-state index contributed by atoms with van der Waals surface area (Å²) >= 11 is 0.566. The van der Waals surface area contributed by atoms with E-state index >= 15 is 0 Å². The standard InChI is InChI=1S/C18H16F4N4O2S/c19-4-7-25-16-12(26(17(25)28)10-15(27)24-5-1-6-24)8-11(9-23-16)13-2-3-14(29-13)18(20,21)22/h2-3,8-9H,1,4-7,10H2. The Labute approximate surface area is 166 Å². The SMILES string of the molecule is O=C(Cn1c(=O)n(CCF)c2ncc(-c3ccc(C(F)(F)F)s3)cc21)N1CCC1. The van der Waals surface area contributed by atoms with Crippen molar-refractivity contribution in [2.75, 3.05) is 19.8 Å². The molecule has 3 aromatic rings. The summed E-state index contributed by atoms with van der Waals surface area (Å²) in [5, 5.41) is 0. The number of pyridine rings is 1. The highest BCUT2D eigenvalue weighted by molar-refractivity contribution is 7.15. The summed E-state index contributed by atoms with van der Waals surface area (Å²) < 4.78 is 54.0. The van der Waals surface area contributed by atoms with Gasteiger partial charge in [-0.2, -0.15) is 13.2 Å². The van der Waals surface area contributed by atoms with E-state index in [2.05, 4.69) is 4.98 Å². The number of carbonyl (C=O) groups is 1. The molecule has 0 aromatic carbocycles. The van der Waals surface area contributed by atoms with Crippen molar-refractivity contribution in [3.63, 3.8) is 0 Å². The monoisotopic (exact) mass is 428 g/mol. The molecule has 1 saturated heterocycles. The number of fused-ring (bicyclic) bond motifs is 1. The lowest BCUT2D eigenvalue weighted by molar-refractivity contribution is -0.135. The number of amides is 1.